The molecular weight excluding hydrogens is 302 g/mol. The highest BCUT2D eigenvalue weighted by atomic mass is 16.5. The molecular formula is C18H19N5O. The molecule has 0 unspecified atom stereocenters. The maximum absolute atomic E-state index is 5.32. The third-order valence-electron chi connectivity index (χ3n) is 3.78. The lowest BCUT2D eigenvalue weighted by atomic mass is 10.1. The summed E-state index contributed by atoms with van der Waals surface area (Å²) in [6.45, 7) is 4.15. The lowest BCUT2D eigenvalue weighted by molar-refractivity contribution is 0.417. The van der Waals surface area contributed by atoms with Crippen molar-refractivity contribution in [3.63, 3.8) is 0 Å². The molecule has 0 saturated heterocycles. The molecule has 3 rings (SSSR count). The lowest BCUT2D eigenvalue weighted by Gasteiger charge is -2.12. The van der Waals surface area contributed by atoms with Gasteiger partial charge in [0.25, 0.3) is 0 Å². The minimum Gasteiger partial charge on any atom is -0.495 e. The first kappa shape index (κ1) is 15.7. The highest BCUT2D eigenvalue weighted by Gasteiger charge is 2.07. The van der Waals surface area contributed by atoms with E-state index >= 15 is 0 Å². The molecule has 0 aliphatic rings. The zero-order valence-electron chi connectivity index (χ0n) is 13.9. The Morgan fingerprint density at radius 2 is 1.71 bits per heavy atom. The molecule has 1 aromatic heterocycles. The van der Waals surface area contributed by atoms with Gasteiger partial charge in [0, 0.05) is 5.69 Å². The van der Waals surface area contributed by atoms with Gasteiger partial charge in [-0.25, -0.2) is 0 Å². The summed E-state index contributed by atoms with van der Waals surface area (Å²) in [4.78, 5) is 4.46. The first-order valence-corrected chi connectivity index (χ1v) is 7.60. The number of anilines is 4. The molecule has 122 valence electrons. The van der Waals surface area contributed by atoms with E-state index in [0.29, 0.717) is 17.5 Å². The molecule has 0 saturated carbocycles. The predicted molar refractivity (Wildman–Crippen MR) is 95.3 cm³/mol. The summed E-state index contributed by atoms with van der Waals surface area (Å²) in [5, 5.41) is 14.4. The Morgan fingerprint density at radius 1 is 0.917 bits per heavy atom. The second-order valence-electron chi connectivity index (χ2n) is 5.36. The summed E-state index contributed by atoms with van der Waals surface area (Å²) in [6.07, 6.45) is 1.59. The van der Waals surface area contributed by atoms with Gasteiger partial charge < -0.3 is 15.4 Å². The normalized spacial score (nSPS) is 10.3. The highest BCUT2D eigenvalue weighted by molar-refractivity contribution is 5.65. The average molecular weight is 321 g/mol. The smallest absolute Gasteiger partial charge is 0.249 e. The van der Waals surface area contributed by atoms with Gasteiger partial charge in [0.05, 0.1) is 19.0 Å². The van der Waals surface area contributed by atoms with Crippen LogP contribution in [0.5, 0.6) is 5.75 Å². The van der Waals surface area contributed by atoms with Crippen molar-refractivity contribution in [2.75, 3.05) is 17.7 Å². The van der Waals surface area contributed by atoms with E-state index in [4.69, 9.17) is 4.74 Å². The van der Waals surface area contributed by atoms with Gasteiger partial charge in [-0.05, 0) is 43.2 Å². The summed E-state index contributed by atoms with van der Waals surface area (Å²) >= 11 is 0. The molecule has 6 nitrogen and oxygen atoms in total. The largest absolute Gasteiger partial charge is 0.495 e. The maximum Gasteiger partial charge on any atom is 0.249 e. The Labute approximate surface area is 140 Å². The van der Waals surface area contributed by atoms with E-state index in [-0.39, 0.29) is 0 Å². The third kappa shape index (κ3) is 3.43. The molecule has 0 aliphatic heterocycles. The molecule has 2 N–H and O–H groups in total. The standard InChI is InChI=1S/C18H19N5O/c1-12-7-6-9-14(13(12)2)20-17-11-19-23-18(22-17)21-15-8-4-5-10-16(15)24-3/h4-11H,1-3H3,(H2,20,21,22,23). The van der Waals surface area contributed by atoms with Crippen LogP contribution in [0, 0.1) is 13.8 Å². The van der Waals surface area contributed by atoms with Crippen molar-refractivity contribution in [1.29, 1.82) is 0 Å². The summed E-state index contributed by atoms with van der Waals surface area (Å²) in [5.41, 5.74) is 4.18. The van der Waals surface area contributed by atoms with Crippen LogP contribution in [0.15, 0.2) is 48.7 Å². The number of methoxy groups -OCH3 is 1. The molecule has 0 radical (unpaired) electrons. The van der Waals surface area contributed by atoms with Gasteiger partial charge in [-0.2, -0.15) is 10.1 Å². The molecule has 24 heavy (non-hydrogen) atoms. The fourth-order valence-corrected chi connectivity index (χ4v) is 2.31. The predicted octanol–water partition coefficient (Wildman–Crippen LogP) is 3.98. The van der Waals surface area contributed by atoms with Crippen molar-refractivity contribution in [2.24, 2.45) is 0 Å². The lowest BCUT2D eigenvalue weighted by Crippen LogP contribution is -2.04. The average Bonchev–Trinajstić information content (AvgIpc) is 2.60. The highest BCUT2D eigenvalue weighted by Crippen LogP contribution is 2.26. The Morgan fingerprint density at radius 3 is 2.54 bits per heavy atom. The number of aryl methyl sites for hydroxylation is 1. The number of hydrogen-bond acceptors (Lipinski definition) is 6. The summed E-state index contributed by atoms with van der Waals surface area (Å²) in [6, 6.07) is 13.7. The van der Waals surface area contributed by atoms with Crippen molar-refractivity contribution in [3.05, 3.63) is 59.8 Å². The van der Waals surface area contributed by atoms with E-state index in [1.54, 1.807) is 13.3 Å². The van der Waals surface area contributed by atoms with Crippen LogP contribution in [-0.4, -0.2) is 22.3 Å². The van der Waals surface area contributed by atoms with Gasteiger partial charge >= 0.3 is 0 Å². The minimum absolute atomic E-state index is 0.398. The molecule has 0 bridgehead atoms. The molecule has 0 fully saturated rings. The van der Waals surface area contributed by atoms with Crippen LogP contribution in [0.4, 0.5) is 23.1 Å². The molecule has 0 atom stereocenters. The van der Waals surface area contributed by atoms with Gasteiger partial charge in [0.1, 0.15) is 5.75 Å². The first-order chi connectivity index (χ1) is 11.7. The molecule has 0 amide bonds. The summed E-state index contributed by atoms with van der Waals surface area (Å²) in [5.74, 6) is 1.74. The fourth-order valence-electron chi connectivity index (χ4n) is 2.31. The van der Waals surface area contributed by atoms with E-state index in [1.165, 1.54) is 11.1 Å². The molecule has 3 aromatic rings. The van der Waals surface area contributed by atoms with Crippen LogP contribution < -0.4 is 15.4 Å². The Hall–Kier alpha value is -3.15. The first-order valence-electron chi connectivity index (χ1n) is 7.60. The third-order valence-corrected chi connectivity index (χ3v) is 3.78. The number of ether oxygens (including phenoxy) is 1. The van der Waals surface area contributed by atoms with Gasteiger partial charge in [0.15, 0.2) is 5.82 Å². The molecule has 0 aliphatic carbocycles. The molecule has 1 heterocycles. The topological polar surface area (TPSA) is 72.0 Å². The number of nitrogens with one attached hydrogen (secondary N) is 2. The van der Waals surface area contributed by atoms with Crippen LogP contribution in [0.25, 0.3) is 0 Å². The van der Waals surface area contributed by atoms with Gasteiger partial charge in [-0.1, -0.05) is 24.3 Å². The van der Waals surface area contributed by atoms with E-state index in [0.717, 1.165) is 11.4 Å². The molecule has 0 spiro atoms. The summed E-state index contributed by atoms with van der Waals surface area (Å²) < 4.78 is 5.32. The fraction of sp³-hybridized carbons (Fsp3) is 0.167. The number of nitrogens with zero attached hydrogens (tertiary/aromatic N) is 3. The number of hydrogen-bond donors (Lipinski definition) is 2. The van der Waals surface area contributed by atoms with Crippen molar-refractivity contribution >= 4 is 23.1 Å². The van der Waals surface area contributed by atoms with Crippen LogP contribution in [0.1, 0.15) is 11.1 Å². The van der Waals surface area contributed by atoms with Crippen molar-refractivity contribution in [1.82, 2.24) is 15.2 Å². The van der Waals surface area contributed by atoms with Crippen molar-refractivity contribution < 1.29 is 4.74 Å². The van der Waals surface area contributed by atoms with E-state index < -0.39 is 0 Å². The number of para-hydroxylation sites is 2. The Bertz CT molecular complexity index is 850. The Balaban J connectivity index is 1.83. The van der Waals surface area contributed by atoms with E-state index in [9.17, 15) is 0 Å². The van der Waals surface area contributed by atoms with Gasteiger partial charge in [-0.15, -0.1) is 5.10 Å². The zero-order chi connectivity index (χ0) is 16.9. The quantitative estimate of drug-likeness (QED) is 0.740. The van der Waals surface area contributed by atoms with Gasteiger partial charge in [-0.3, -0.25) is 0 Å². The van der Waals surface area contributed by atoms with Crippen LogP contribution in [0.2, 0.25) is 0 Å². The van der Waals surface area contributed by atoms with Crippen LogP contribution in [-0.2, 0) is 0 Å². The van der Waals surface area contributed by atoms with Crippen molar-refractivity contribution in [3.8, 4) is 5.75 Å². The van der Waals surface area contributed by atoms with E-state index in [2.05, 4.69) is 45.7 Å². The SMILES string of the molecule is COc1ccccc1Nc1nncc(Nc2cccc(C)c2C)n1. The number of benzene rings is 2. The minimum atomic E-state index is 0.398. The van der Waals surface area contributed by atoms with Crippen LogP contribution >= 0.6 is 0 Å². The Kier molecular flexibility index (Phi) is 4.56. The second-order valence-corrected chi connectivity index (χ2v) is 5.36. The monoisotopic (exact) mass is 321 g/mol. The van der Waals surface area contributed by atoms with Crippen molar-refractivity contribution in [2.45, 2.75) is 13.8 Å². The zero-order valence-corrected chi connectivity index (χ0v) is 13.9. The number of aromatic nitrogens is 3. The van der Waals surface area contributed by atoms with E-state index in [1.807, 2.05) is 36.4 Å². The van der Waals surface area contributed by atoms with Crippen LogP contribution in [0.3, 0.4) is 0 Å². The molecule has 6 heteroatoms. The molecule has 2 aromatic carbocycles. The number of rotatable bonds is 5. The maximum atomic E-state index is 5.32. The second kappa shape index (κ2) is 6.95. The van der Waals surface area contributed by atoms with Gasteiger partial charge in [0.2, 0.25) is 5.95 Å². The summed E-state index contributed by atoms with van der Waals surface area (Å²) in [7, 11) is 1.62.